The fraction of sp³-hybridized carbons (Fsp3) is 0.571. The van der Waals surface area contributed by atoms with Crippen LogP contribution in [0.1, 0.15) is 38.7 Å². The summed E-state index contributed by atoms with van der Waals surface area (Å²) in [4.78, 5) is 0.396. The molecular formula is C14H21NO2S. The number of hydrogen-bond acceptors (Lipinski definition) is 2. The summed E-state index contributed by atoms with van der Waals surface area (Å²) in [5.74, 6) is 0. The van der Waals surface area contributed by atoms with Gasteiger partial charge in [0.15, 0.2) is 0 Å². The van der Waals surface area contributed by atoms with Gasteiger partial charge in [0.05, 0.1) is 4.90 Å². The van der Waals surface area contributed by atoms with E-state index in [0.717, 1.165) is 24.8 Å². The van der Waals surface area contributed by atoms with Gasteiger partial charge >= 0.3 is 0 Å². The lowest BCUT2D eigenvalue weighted by atomic mass is 9.88. The molecule has 0 heterocycles. The van der Waals surface area contributed by atoms with Crippen LogP contribution in [0.3, 0.4) is 0 Å². The number of rotatable bonds is 3. The topological polar surface area (TPSA) is 46.2 Å². The third-order valence-electron chi connectivity index (χ3n) is 3.94. The van der Waals surface area contributed by atoms with Crippen molar-refractivity contribution in [3.05, 3.63) is 29.8 Å². The van der Waals surface area contributed by atoms with Crippen molar-refractivity contribution in [2.75, 3.05) is 0 Å². The lowest BCUT2D eigenvalue weighted by Gasteiger charge is -2.27. The summed E-state index contributed by atoms with van der Waals surface area (Å²) >= 11 is 0. The van der Waals surface area contributed by atoms with Crippen LogP contribution >= 0.6 is 0 Å². The zero-order valence-corrected chi connectivity index (χ0v) is 12.0. The van der Waals surface area contributed by atoms with E-state index in [4.69, 9.17) is 0 Å². The second-order valence-corrected chi connectivity index (χ2v) is 7.50. The number of sulfonamides is 1. The Morgan fingerprint density at radius 1 is 1.28 bits per heavy atom. The quantitative estimate of drug-likeness (QED) is 0.915. The van der Waals surface area contributed by atoms with Gasteiger partial charge in [-0.25, -0.2) is 13.1 Å². The number of aryl methyl sites for hydroxylation is 1. The molecule has 1 N–H and O–H groups in total. The fourth-order valence-corrected chi connectivity index (χ4v) is 4.34. The van der Waals surface area contributed by atoms with E-state index in [1.165, 1.54) is 0 Å². The highest BCUT2D eigenvalue weighted by Crippen LogP contribution is 2.38. The Balaban J connectivity index is 2.26. The first-order valence-corrected chi connectivity index (χ1v) is 7.89. The third-order valence-corrected chi connectivity index (χ3v) is 5.57. The van der Waals surface area contributed by atoms with Gasteiger partial charge in [-0.1, -0.05) is 38.5 Å². The van der Waals surface area contributed by atoms with Crippen LogP contribution in [0.5, 0.6) is 0 Å². The van der Waals surface area contributed by atoms with Crippen molar-refractivity contribution in [1.29, 1.82) is 0 Å². The van der Waals surface area contributed by atoms with Crippen LogP contribution < -0.4 is 4.72 Å². The van der Waals surface area contributed by atoms with Gasteiger partial charge in [-0.15, -0.1) is 0 Å². The monoisotopic (exact) mass is 267 g/mol. The smallest absolute Gasteiger partial charge is 0.208 e. The van der Waals surface area contributed by atoms with E-state index in [-0.39, 0.29) is 11.5 Å². The van der Waals surface area contributed by atoms with Crippen molar-refractivity contribution < 1.29 is 8.42 Å². The summed E-state index contributed by atoms with van der Waals surface area (Å²) in [6, 6.07) is 7.16. The van der Waals surface area contributed by atoms with Gasteiger partial charge < -0.3 is 0 Å². The molecule has 0 radical (unpaired) electrons. The normalized spacial score (nSPS) is 23.2. The lowest BCUT2D eigenvalue weighted by Crippen LogP contribution is -2.41. The lowest BCUT2D eigenvalue weighted by molar-refractivity contribution is 0.313. The van der Waals surface area contributed by atoms with Gasteiger partial charge in [-0.3, -0.25) is 0 Å². The summed E-state index contributed by atoms with van der Waals surface area (Å²) in [6.07, 6.45) is 3.10. The van der Waals surface area contributed by atoms with Gasteiger partial charge in [0, 0.05) is 6.04 Å². The molecule has 3 nitrogen and oxygen atoms in total. The summed E-state index contributed by atoms with van der Waals surface area (Å²) in [5.41, 5.74) is 0.844. The minimum absolute atomic E-state index is 0.0436. The maximum absolute atomic E-state index is 12.4. The Bertz CT molecular complexity index is 534. The number of nitrogens with one attached hydrogen (secondary N) is 1. The molecule has 1 aliphatic rings. The minimum Gasteiger partial charge on any atom is -0.208 e. The van der Waals surface area contributed by atoms with Crippen LogP contribution in [0, 0.1) is 12.3 Å². The Kier molecular flexibility index (Phi) is 3.52. The first kappa shape index (κ1) is 13.6. The predicted molar refractivity (Wildman–Crippen MR) is 72.9 cm³/mol. The maximum atomic E-state index is 12.4. The minimum atomic E-state index is -3.40. The van der Waals surface area contributed by atoms with E-state index in [1.807, 2.05) is 19.1 Å². The maximum Gasteiger partial charge on any atom is 0.241 e. The molecule has 4 heteroatoms. The highest BCUT2D eigenvalue weighted by Gasteiger charge is 2.37. The SMILES string of the molecule is Cc1ccccc1S(=O)(=O)NC1CCCC1(C)C. The van der Waals surface area contributed by atoms with Crippen molar-refractivity contribution >= 4 is 10.0 Å². The van der Waals surface area contributed by atoms with Crippen LogP contribution in [-0.4, -0.2) is 14.5 Å². The molecule has 0 aromatic heterocycles. The van der Waals surface area contributed by atoms with E-state index < -0.39 is 10.0 Å². The largest absolute Gasteiger partial charge is 0.241 e. The number of benzene rings is 1. The summed E-state index contributed by atoms with van der Waals surface area (Å²) in [5, 5.41) is 0. The molecule has 1 aromatic rings. The van der Waals surface area contributed by atoms with Gasteiger partial charge in [-0.05, 0) is 36.8 Å². The molecule has 2 rings (SSSR count). The summed E-state index contributed by atoms with van der Waals surface area (Å²) in [7, 11) is -3.40. The first-order chi connectivity index (χ1) is 8.33. The average molecular weight is 267 g/mol. The molecule has 0 bridgehead atoms. The fourth-order valence-electron chi connectivity index (χ4n) is 2.65. The Morgan fingerprint density at radius 3 is 2.50 bits per heavy atom. The predicted octanol–water partition coefficient (Wildman–Crippen LogP) is 2.85. The second-order valence-electron chi connectivity index (χ2n) is 5.82. The van der Waals surface area contributed by atoms with Crippen molar-refractivity contribution in [3.63, 3.8) is 0 Å². The zero-order valence-electron chi connectivity index (χ0n) is 11.2. The Morgan fingerprint density at radius 2 is 1.94 bits per heavy atom. The molecule has 1 atom stereocenters. The Hall–Kier alpha value is -0.870. The third kappa shape index (κ3) is 2.59. The molecule has 0 aliphatic heterocycles. The van der Waals surface area contributed by atoms with Crippen molar-refractivity contribution in [1.82, 2.24) is 4.72 Å². The van der Waals surface area contributed by atoms with Gasteiger partial charge in [0.1, 0.15) is 0 Å². The van der Waals surface area contributed by atoms with Crippen LogP contribution in [0.15, 0.2) is 29.2 Å². The van der Waals surface area contributed by atoms with Crippen LogP contribution in [0.2, 0.25) is 0 Å². The summed E-state index contributed by atoms with van der Waals surface area (Å²) < 4.78 is 27.6. The van der Waals surface area contributed by atoms with Crippen molar-refractivity contribution in [2.45, 2.75) is 51.0 Å². The molecule has 1 aromatic carbocycles. The Labute approximate surface area is 110 Å². The van der Waals surface area contributed by atoms with Crippen molar-refractivity contribution in [3.8, 4) is 0 Å². The molecule has 1 aliphatic carbocycles. The van der Waals surface area contributed by atoms with Gasteiger partial charge in [0.2, 0.25) is 10.0 Å². The van der Waals surface area contributed by atoms with E-state index in [2.05, 4.69) is 18.6 Å². The van der Waals surface area contributed by atoms with Crippen LogP contribution in [0.4, 0.5) is 0 Å². The van der Waals surface area contributed by atoms with Crippen molar-refractivity contribution in [2.24, 2.45) is 5.41 Å². The van der Waals surface area contributed by atoms with Gasteiger partial charge in [0.25, 0.3) is 0 Å². The number of hydrogen-bond donors (Lipinski definition) is 1. The zero-order chi connectivity index (χ0) is 13.4. The first-order valence-electron chi connectivity index (χ1n) is 6.41. The van der Waals surface area contributed by atoms with Crippen LogP contribution in [-0.2, 0) is 10.0 Å². The van der Waals surface area contributed by atoms with E-state index >= 15 is 0 Å². The molecule has 1 fully saturated rings. The molecule has 1 saturated carbocycles. The standard InChI is InChI=1S/C14H21NO2S/c1-11-7-4-5-8-12(11)18(16,17)15-13-9-6-10-14(13,2)3/h4-5,7-8,13,15H,6,9-10H2,1-3H3. The highest BCUT2D eigenvalue weighted by molar-refractivity contribution is 7.89. The molecule has 100 valence electrons. The second kappa shape index (κ2) is 4.67. The average Bonchev–Trinajstić information content (AvgIpc) is 2.58. The molecule has 0 amide bonds. The molecule has 0 spiro atoms. The van der Waals surface area contributed by atoms with E-state index in [1.54, 1.807) is 12.1 Å². The highest BCUT2D eigenvalue weighted by atomic mass is 32.2. The molecule has 0 saturated heterocycles. The molecular weight excluding hydrogens is 246 g/mol. The van der Waals surface area contributed by atoms with Gasteiger partial charge in [-0.2, -0.15) is 0 Å². The van der Waals surface area contributed by atoms with E-state index in [0.29, 0.717) is 4.90 Å². The molecule has 18 heavy (non-hydrogen) atoms. The van der Waals surface area contributed by atoms with Crippen LogP contribution in [0.25, 0.3) is 0 Å². The molecule has 1 unspecified atom stereocenters. The summed E-state index contributed by atoms with van der Waals surface area (Å²) in [6.45, 7) is 6.09. The van der Waals surface area contributed by atoms with E-state index in [9.17, 15) is 8.42 Å².